The molecule has 0 saturated heterocycles. The Hall–Kier alpha value is -3.70. The number of ether oxygens (including phenoxy) is 2. The van der Waals surface area contributed by atoms with Gasteiger partial charge in [-0.05, 0) is 47.8 Å². The van der Waals surface area contributed by atoms with Crippen molar-refractivity contribution < 1.29 is 18.4 Å². The fourth-order valence-corrected chi connectivity index (χ4v) is 4.58. The van der Waals surface area contributed by atoms with Gasteiger partial charge in [0.25, 0.3) is 0 Å². The fraction of sp³-hybridized carbons (Fsp3) is 0.130. The van der Waals surface area contributed by atoms with Crippen LogP contribution < -0.4 is 9.47 Å². The molecule has 0 unspecified atom stereocenters. The summed E-state index contributed by atoms with van der Waals surface area (Å²) >= 11 is 2.85. The zero-order valence-corrected chi connectivity index (χ0v) is 19.6. The van der Waals surface area contributed by atoms with E-state index >= 15 is 0 Å². The van der Waals surface area contributed by atoms with Gasteiger partial charge in [-0.15, -0.1) is 21.5 Å². The first-order valence-corrected chi connectivity index (χ1v) is 12.0. The van der Waals surface area contributed by atoms with Crippen molar-refractivity contribution in [2.24, 2.45) is 0 Å². The van der Waals surface area contributed by atoms with Crippen LogP contribution in [-0.2, 0) is 12.4 Å². The summed E-state index contributed by atoms with van der Waals surface area (Å²) in [5.41, 5.74) is 0.327. The molecule has 8 nitrogen and oxygen atoms in total. The summed E-state index contributed by atoms with van der Waals surface area (Å²) in [6.07, 6.45) is 0. The normalized spacial score (nSPS) is 11.0. The zero-order valence-electron chi connectivity index (χ0n) is 17.9. The van der Waals surface area contributed by atoms with Crippen molar-refractivity contribution >= 4 is 23.1 Å². The van der Waals surface area contributed by atoms with Gasteiger partial charge in [-0.25, -0.2) is 4.39 Å². The van der Waals surface area contributed by atoms with Crippen LogP contribution in [0.4, 0.5) is 4.39 Å². The Morgan fingerprint density at radius 1 is 1.03 bits per heavy atom. The van der Waals surface area contributed by atoms with Crippen molar-refractivity contribution in [3.8, 4) is 27.9 Å². The van der Waals surface area contributed by atoms with Gasteiger partial charge >= 0.3 is 0 Å². The van der Waals surface area contributed by atoms with E-state index in [0.29, 0.717) is 39.9 Å². The average molecular weight is 496 g/mol. The molecule has 0 bridgehead atoms. The summed E-state index contributed by atoms with van der Waals surface area (Å²) in [5.74, 6) is 2.74. The fourth-order valence-electron chi connectivity index (χ4n) is 3.13. The molecule has 172 valence electrons. The number of thioether (sulfide) groups is 1. The second kappa shape index (κ2) is 10.1. The molecule has 11 heteroatoms. The van der Waals surface area contributed by atoms with E-state index in [1.165, 1.54) is 29.2 Å². The Labute approximate surface area is 202 Å². The quantitative estimate of drug-likeness (QED) is 0.251. The molecule has 0 spiro atoms. The van der Waals surface area contributed by atoms with Crippen LogP contribution >= 0.6 is 23.1 Å². The summed E-state index contributed by atoms with van der Waals surface area (Å²) in [7, 11) is 1.60. The Morgan fingerprint density at radius 2 is 1.85 bits per heavy atom. The molecule has 5 aromatic rings. The van der Waals surface area contributed by atoms with Crippen LogP contribution in [0.5, 0.6) is 11.5 Å². The van der Waals surface area contributed by atoms with E-state index in [4.69, 9.17) is 14.0 Å². The maximum absolute atomic E-state index is 14.7. The van der Waals surface area contributed by atoms with Gasteiger partial charge in [-0.1, -0.05) is 35.1 Å². The van der Waals surface area contributed by atoms with E-state index < -0.39 is 5.82 Å². The summed E-state index contributed by atoms with van der Waals surface area (Å²) in [6.45, 7) is 0.0946. The third-order valence-electron chi connectivity index (χ3n) is 4.76. The molecule has 0 atom stereocenters. The second-order valence-electron chi connectivity index (χ2n) is 6.93. The Morgan fingerprint density at radius 3 is 2.62 bits per heavy atom. The van der Waals surface area contributed by atoms with E-state index in [0.717, 1.165) is 10.6 Å². The lowest BCUT2D eigenvalue weighted by Gasteiger charge is -2.12. The highest BCUT2D eigenvalue weighted by Crippen LogP contribution is 2.28. The lowest BCUT2D eigenvalue weighted by atomic mass is 10.3. The third-order valence-corrected chi connectivity index (χ3v) is 6.54. The van der Waals surface area contributed by atoms with Gasteiger partial charge in [0.05, 0.1) is 23.4 Å². The maximum Gasteiger partial charge on any atom is 0.237 e. The molecule has 5 rings (SSSR count). The number of methoxy groups -OCH3 is 1. The summed E-state index contributed by atoms with van der Waals surface area (Å²) in [6, 6.07) is 17.5. The molecule has 2 aromatic carbocycles. The van der Waals surface area contributed by atoms with E-state index in [1.54, 1.807) is 54.1 Å². The first-order valence-electron chi connectivity index (χ1n) is 10.2. The number of hydrogen-bond acceptors (Lipinski definition) is 9. The van der Waals surface area contributed by atoms with Gasteiger partial charge in [0.1, 0.15) is 23.9 Å². The van der Waals surface area contributed by atoms with Gasteiger partial charge in [-0.2, -0.15) is 4.98 Å². The predicted octanol–water partition coefficient (Wildman–Crippen LogP) is 5.40. The summed E-state index contributed by atoms with van der Waals surface area (Å²) in [4.78, 5) is 5.35. The van der Waals surface area contributed by atoms with Crippen molar-refractivity contribution in [2.45, 2.75) is 17.5 Å². The van der Waals surface area contributed by atoms with Crippen LogP contribution in [-0.4, -0.2) is 32.0 Å². The molecule has 3 heterocycles. The first-order chi connectivity index (χ1) is 16.7. The number of thiophene rings is 1. The minimum Gasteiger partial charge on any atom is -0.497 e. The third kappa shape index (κ3) is 4.80. The van der Waals surface area contributed by atoms with Crippen LogP contribution in [0.3, 0.4) is 0 Å². The van der Waals surface area contributed by atoms with Gasteiger partial charge < -0.3 is 14.0 Å². The molecule has 0 aliphatic heterocycles. The first kappa shape index (κ1) is 22.1. The number of para-hydroxylation sites is 1. The smallest absolute Gasteiger partial charge is 0.237 e. The van der Waals surface area contributed by atoms with Gasteiger partial charge in [0.15, 0.2) is 11.0 Å². The SMILES string of the molecule is COc1ccc(OCc2nnc(SCc3nc(-c4cccs4)no3)n2-c2ccccc2F)cc1. The van der Waals surface area contributed by atoms with Crippen molar-refractivity contribution in [3.63, 3.8) is 0 Å². The number of aromatic nitrogens is 5. The number of benzene rings is 2. The molecular formula is C23H18FN5O3S2. The van der Waals surface area contributed by atoms with E-state index in [-0.39, 0.29) is 6.61 Å². The van der Waals surface area contributed by atoms with Crippen LogP contribution in [0, 0.1) is 5.82 Å². The molecular weight excluding hydrogens is 477 g/mol. The number of halogens is 1. The topological polar surface area (TPSA) is 88.1 Å². The molecule has 34 heavy (non-hydrogen) atoms. The van der Waals surface area contributed by atoms with E-state index in [2.05, 4.69) is 20.3 Å². The summed E-state index contributed by atoms with van der Waals surface area (Å²) < 4.78 is 32.7. The highest BCUT2D eigenvalue weighted by Gasteiger charge is 2.19. The lowest BCUT2D eigenvalue weighted by Crippen LogP contribution is -2.08. The van der Waals surface area contributed by atoms with Crippen molar-refractivity contribution in [2.75, 3.05) is 7.11 Å². The van der Waals surface area contributed by atoms with Gasteiger partial charge in [0, 0.05) is 0 Å². The average Bonchev–Trinajstić information content (AvgIpc) is 3.63. The molecule has 0 amide bonds. The van der Waals surface area contributed by atoms with Gasteiger partial charge in [-0.3, -0.25) is 4.57 Å². The van der Waals surface area contributed by atoms with Crippen LogP contribution in [0.15, 0.2) is 75.7 Å². The second-order valence-corrected chi connectivity index (χ2v) is 8.82. The highest BCUT2D eigenvalue weighted by molar-refractivity contribution is 7.98. The molecule has 3 aromatic heterocycles. The molecule has 0 saturated carbocycles. The van der Waals surface area contributed by atoms with E-state index in [1.807, 2.05) is 17.5 Å². The van der Waals surface area contributed by atoms with Crippen molar-refractivity contribution in [3.05, 3.63) is 83.6 Å². The molecule has 0 aliphatic rings. The monoisotopic (exact) mass is 495 g/mol. The van der Waals surface area contributed by atoms with Gasteiger partial charge in [0.2, 0.25) is 11.7 Å². The Bertz CT molecular complexity index is 1370. The Balaban J connectivity index is 1.37. The zero-order chi connectivity index (χ0) is 23.3. The highest BCUT2D eigenvalue weighted by atomic mass is 32.2. The minimum absolute atomic E-state index is 0.0946. The summed E-state index contributed by atoms with van der Waals surface area (Å²) in [5, 5.41) is 15.0. The van der Waals surface area contributed by atoms with Crippen LogP contribution in [0.2, 0.25) is 0 Å². The number of nitrogens with zero attached hydrogens (tertiary/aromatic N) is 5. The van der Waals surface area contributed by atoms with Crippen LogP contribution in [0.25, 0.3) is 16.4 Å². The standard InChI is InChI=1S/C23H18FN5O3S2/c1-30-15-8-10-16(11-9-15)31-13-20-26-27-23(29(20)18-6-3-2-5-17(18)24)34-14-21-25-22(28-32-21)19-7-4-12-33-19/h2-12H,13-14H2,1H3. The molecule has 0 N–H and O–H groups in total. The minimum atomic E-state index is -0.396. The molecule has 0 radical (unpaired) electrons. The van der Waals surface area contributed by atoms with Crippen molar-refractivity contribution in [1.29, 1.82) is 0 Å². The maximum atomic E-state index is 14.7. The van der Waals surface area contributed by atoms with E-state index in [9.17, 15) is 4.39 Å². The molecule has 0 fully saturated rings. The van der Waals surface area contributed by atoms with Crippen LogP contribution in [0.1, 0.15) is 11.7 Å². The molecule has 0 aliphatic carbocycles. The Kier molecular flexibility index (Phi) is 6.54. The lowest BCUT2D eigenvalue weighted by molar-refractivity contribution is 0.292. The number of rotatable bonds is 9. The predicted molar refractivity (Wildman–Crippen MR) is 126 cm³/mol. The van der Waals surface area contributed by atoms with Crippen molar-refractivity contribution in [1.82, 2.24) is 24.9 Å². The largest absolute Gasteiger partial charge is 0.497 e. The number of hydrogen-bond donors (Lipinski definition) is 0.